The standard InChI is InChI=1S/C32H36F2N6O/c1-3-5-27-35-16-26(38-27)32-10-8-31(18-32,9-11-32)19-39(29(41)30(2)14-23(34)15-30)24-7-4-6-21(12-24)25-13-22(33)17-40-28(25)36-20-37-40/h4,6-7,12-13,17,20,23H,3,5,8-11,14-16,18-19H2,1-2H3. The molecule has 1 amide bonds. The fourth-order valence-electron chi connectivity index (χ4n) is 7.95. The molecule has 0 unspecified atom stereocenters. The lowest BCUT2D eigenvalue weighted by Crippen LogP contribution is -2.52. The Bertz CT molecular complexity index is 1580. The number of amidine groups is 1. The van der Waals surface area contributed by atoms with Gasteiger partial charge in [-0.1, -0.05) is 26.0 Å². The third kappa shape index (κ3) is 4.39. The summed E-state index contributed by atoms with van der Waals surface area (Å²) in [5, 5.41) is 4.10. The number of hydrogen-bond donors (Lipinski definition) is 0. The smallest absolute Gasteiger partial charge is 0.233 e. The number of pyridine rings is 1. The van der Waals surface area contributed by atoms with Crippen LogP contribution >= 0.6 is 0 Å². The molecule has 3 heterocycles. The number of halogens is 2. The van der Waals surface area contributed by atoms with Gasteiger partial charge in [0.1, 0.15) is 24.2 Å². The molecule has 7 nitrogen and oxygen atoms in total. The van der Waals surface area contributed by atoms with Crippen molar-refractivity contribution in [1.82, 2.24) is 14.6 Å². The van der Waals surface area contributed by atoms with E-state index in [4.69, 9.17) is 9.98 Å². The molecule has 0 spiro atoms. The highest BCUT2D eigenvalue weighted by Gasteiger charge is 2.58. The molecule has 9 heteroatoms. The molecule has 2 bridgehead atoms. The first-order chi connectivity index (χ1) is 19.7. The molecule has 0 radical (unpaired) electrons. The molecule has 7 rings (SSSR count). The summed E-state index contributed by atoms with van der Waals surface area (Å²) in [6, 6.07) is 9.13. The first-order valence-corrected chi connectivity index (χ1v) is 14.9. The molecular formula is C32H36F2N6O. The minimum absolute atomic E-state index is 0.0178. The zero-order chi connectivity index (χ0) is 28.4. The second kappa shape index (κ2) is 9.53. The quantitative estimate of drug-likeness (QED) is 0.312. The van der Waals surface area contributed by atoms with Gasteiger partial charge in [0.25, 0.3) is 0 Å². The summed E-state index contributed by atoms with van der Waals surface area (Å²) >= 11 is 0. The second-order valence-electron chi connectivity index (χ2n) is 13.1. The van der Waals surface area contributed by atoms with Crippen molar-refractivity contribution >= 4 is 28.8 Å². The Kier molecular flexibility index (Phi) is 6.14. The van der Waals surface area contributed by atoms with Crippen molar-refractivity contribution in [3.8, 4) is 11.1 Å². The average Bonchev–Trinajstić information content (AvgIpc) is 3.74. The van der Waals surface area contributed by atoms with Crippen LogP contribution in [0.4, 0.5) is 14.5 Å². The van der Waals surface area contributed by atoms with Crippen molar-refractivity contribution in [2.45, 2.75) is 77.8 Å². The van der Waals surface area contributed by atoms with Crippen molar-refractivity contribution in [2.75, 3.05) is 18.0 Å². The van der Waals surface area contributed by atoms with E-state index in [9.17, 15) is 13.6 Å². The van der Waals surface area contributed by atoms with Gasteiger partial charge >= 0.3 is 0 Å². The van der Waals surface area contributed by atoms with Crippen molar-refractivity contribution in [3.63, 3.8) is 0 Å². The zero-order valence-electron chi connectivity index (χ0n) is 23.7. The first kappa shape index (κ1) is 26.4. The van der Waals surface area contributed by atoms with E-state index >= 15 is 0 Å². The summed E-state index contributed by atoms with van der Waals surface area (Å²) in [6.07, 6.45) is 9.43. The highest BCUT2D eigenvalue weighted by atomic mass is 19.1. The lowest BCUT2D eigenvalue weighted by Gasteiger charge is -2.45. The lowest BCUT2D eigenvalue weighted by atomic mass is 9.67. The van der Waals surface area contributed by atoms with Gasteiger partial charge in [-0.05, 0) is 80.5 Å². The number of rotatable bonds is 8. The molecule has 1 aliphatic heterocycles. The highest BCUT2D eigenvalue weighted by molar-refractivity contribution is 6.07. The van der Waals surface area contributed by atoms with Crippen molar-refractivity contribution in [1.29, 1.82) is 0 Å². The summed E-state index contributed by atoms with van der Waals surface area (Å²) in [5.74, 6) is 0.536. The number of hydrogen-bond acceptors (Lipinski definition) is 5. The number of carbonyl (C=O) groups excluding carboxylic acids is 1. The van der Waals surface area contributed by atoms with E-state index in [0.29, 0.717) is 24.3 Å². The van der Waals surface area contributed by atoms with Crippen molar-refractivity contribution in [3.05, 3.63) is 48.7 Å². The maximum absolute atomic E-state index is 14.5. The van der Waals surface area contributed by atoms with Crippen LogP contribution in [0, 0.1) is 22.1 Å². The van der Waals surface area contributed by atoms with Gasteiger partial charge in [0.05, 0.1) is 18.2 Å². The van der Waals surface area contributed by atoms with Crippen LogP contribution in [0.3, 0.4) is 0 Å². The van der Waals surface area contributed by atoms with Crippen molar-refractivity contribution in [2.24, 2.45) is 26.2 Å². The van der Waals surface area contributed by atoms with Gasteiger partial charge in [-0.25, -0.2) is 23.3 Å². The van der Waals surface area contributed by atoms with Crippen LogP contribution in [-0.2, 0) is 4.79 Å². The van der Waals surface area contributed by atoms with Crippen LogP contribution in [-0.4, -0.2) is 51.3 Å². The Morgan fingerprint density at radius 3 is 2.73 bits per heavy atom. The Morgan fingerprint density at radius 1 is 1.17 bits per heavy atom. The maximum Gasteiger partial charge on any atom is 0.233 e. The molecule has 3 aromatic rings. The van der Waals surface area contributed by atoms with Gasteiger partial charge in [-0.2, -0.15) is 5.10 Å². The van der Waals surface area contributed by atoms with Gasteiger partial charge in [-0.15, -0.1) is 0 Å². The molecule has 214 valence electrons. The van der Waals surface area contributed by atoms with Crippen LogP contribution in [0.1, 0.15) is 71.6 Å². The number of fused-ring (bicyclic) bond motifs is 3. The van der Waals surface area contributed by atoms with Gasteiger partial charge in [0, 0.05) is 35.3 Å². The molecule has 2 aromatic heterocycles. The zero-order valence-corrected chi connectivity index (χ0v) is 23.7. The number of benzene rings is 1. The van der Waals surface area contributed by atoms with Crippen LogP contribution in [0.2, 0.25) is 0 Å². The summed E-state index contributed by atoms with van der Waals surface area (Å²) in [7, 11) is 0. The number of carbonyl (C=O) groups is 1. The normalized spacial score (nSPS) is 30.4. The summed E-state index contributed by atoms with van der Waals surface area (Å²) in [5.41, 5.74) is 3.22. The van der Waals surface area contributed by atoms with E-state index in [0.717, 1.165) is 62.0 Å². The second-order valence-corrected chi connectivity index (χ2v) is 13.1. The fourth-order valence-corrected chi connectivity index (χ4v) is 7.95. The molecule has 0 N–H and O–H groups in total. The molecule has 3 fully saturated rings. The van der Waals surface area contributed by atoms with Gasteiger partial charge in [0.2, 0.25) is 5.91 Å². The Hall–Kier alpha value is -3.49. The Balaban J connectivity index is 1.22. The number of nitrogens with zero attached hydrogens (tertiary/aromatic N) is 6. The Morgan fingerprint density at radius 2 is 1.98 bits per heavy atom. The molecular weight excluding hydrogens is 522 g/mol. The summed E-state index contributed by atoms with van der Waals surface area (Å²) in [6.45, 7) is 5.33. The van der Waals surface area contributed by atoms with E-state index in [-0.39, 0.29) is 29.6 Å². The minimum Gasteiger partial charge on any atom is -0.311 e. The first-order valence-electron chi connectivity index (χ1n) is 14.9. The van der Waals surface area contributed by atoms with Crippen LogP contribution in [0.25, 0.3) is 16.8 Å². The predicted octanol–water partition coefficient (Wildman–Crippen LogP) is 6.61. The molecule has 3 saturated carbocycles. The lowest BCUT2D eigenvalue weighted by molar-refractivity contribution is -0.136. The van der Waals surface area contributed by atoms with Gasteiger partial charge in [-0.3, -0.25) is 9.79 Å². The van der Waals surface area contributed by atoms with Gasteiger partial charge in [0.15, 0.2) is 5.65 Å². The minimum atomic E-state index is -0.938. The number of amides is 1. The SMILES string of the molecule is CCCC1=NCC(C23CCC(CN(C(=O)C4(C)CC(F)C4)c4cccc(-c5cc(F)cn6ncnc56)c4)(CC2)C3)=N1. The number of anilines is 1. The van der Waals surface area contributed by atoms with E-state index in [1.807, 2.05) is 36.1 Å². The molecule has 3 aliphatic carbocycles. The summed E-state index contributed by atoms with van der Waals surface area (Å²) < 4.78 is 30.0. The maximum atomic E-state index is 14.5. The molecule has 0 saturated heterocycles. The number of alkyl halides is 1. The number of aromatic nitrogens is 3. The number of aliphatic imine (C=N–C) groups is 2. The van der Waals surface area contributed by atoms with Gasteiger partial charge < -0.3 is 4.90 Å². The van der Waals surface area contributed by atoms with E-state index < -0.39 is 17.4 Å². The largest absolute Gasteiger partial charge is 0.311 e. The Labute approximate surface area is 238 Å². The summed E-state index contributed by atoms with van der Waals surface area (Å²) in [4.78, 5) is 30.1. The monoisotopic (exact) mass is 558 g/mol. The highest BCUT2D eigenvalue weighted by Crippen LogP contribution is 2.63. The molecule has 0 atom stereocenters. The average molecular weight is 559 g/mol. The van der Waals surface area contributed by atoms with Crippen LogP contribution < -0.4 is 4.90 Å². The third-order valence-corrected chi connectivity index (χ3v) is 10.2. The molecule has 4 aliphatic rings. The van der Waals surface area contributed by atoms with Crippen LogP contribution in [0.5, 0.6) is 0 Å². The van der Waals surface area contributed by atoms with E-state index in [1.165, 1.54) is 28.8 Å². The van der Waals surface area contributed by atoms with E-state index in [1.54, 1.807) is 0 Å². The molecule has 1 aromatic carbocycles. The molecule has 41 heavy (non-hydrogen) atoms. The van der Waals surface area contributed by atoms with Crippen molar-refractivity contribution < 1.29 is 13.6 Å². The topological polar surface area (TPSA) is 75.2 Å². The fraction of sp³-hybridized carbons (Fsp3) is 0.531. The predicted molar refractivity (Wildman–Crippen MR) is 156 cm³/mol. The third-order valence-electron chi connectivity index (χ3n) is 10.2. The van der Waals surface area contributed by atoms with E-state index in [2.05, 4.69) is 17.0 Å². The van der Waals surface area contributed by atoms with Crippen LogP contribution in [0.15, 0.2) is 52.8 Å².